The van der Waals surface area contributed by atoms with Crippen molar-refractivity contribution in [1.29, 1.82) is 0 Å². The lowest BCUT2D eigenvalue weighted by Gasteiger charge is -2.36. The third-order valence-corrected chi connectivity index (χ3v) is 3.82. The van der Waals surface area contributed by atoms with Crippen LogP contribution in [-0.2, 0) is 4.74 Å². The Labute approximate surface area is 121 Å². The monoisotopic (exact) mass is 327 g/mol. The summed E-state index contributed by atoms with van der Waals surface area (Å²) < 4.78 is 6.37. The van der Waals surface area contributed by atoms with Crippen molar-refractivity contribution in [3.8, 4) is 0 Å². The predicted molar refractivity (Wildman–Crippen MR) is 76.3 cm³/mol. The van der Waals surface area contributed by atoms with E-state index in [1.54, 1.807) is 0 Å². The second-order valence-corrected chi connectivity index (χ2v) is 5.77. The van der Waals surface area contributed by atoms with Crippen LogP contribution in [0, 0.1) is 0 Å². The van der Waals surface area contributed by atoms with Crippen molar-refractivity contribution in [3.63, 3.8) is 0 Å². The number of carbonyl (C=O) groups excluding carboxylic acids is 1. The summed E-state index contributed by atoms with van der Waals surface area (Å²) in [5.74, 6) is 0.0896. The first-order valence-corrected chi connectivity index (χ1v) is 7.14. The van der Waals surface area contributed by atoms with Crippen molar-refractivity contribution >= 4 is 21.7 Å². The number of benzene rings is 1. The van der Waals surface area contributed by atoms with Crippen molar-refractivity contribution in [2.24, 2.45) is 0 Å². The molecule has 1 N–H and O–H groups in total. The highest BCUT2D eigenvalue weighted by Crippen LogP contribution is 2.15. The van der Waals surface area contributed by atoms with Crippen LogP contribution in [0.25, 0.3) is 0 Å². The lowest BCUT2D eigenvalue weighted by Crippen LogP contribution is -2.51. The minimum absolute atomic E-state index is 0.00566. The Balaban J connectivity index is 2.01. The maximum atomic E-state index is 12.2. The van der Waals surface area contributed by atoms with Gasteiger partial charge in [-0.1, -0.05) is 28.1 Å². The molecule has 2 atom stereocenters. The molecule has 19 heavy (non-hydrogen) atoms. The first-order chi connectivity index (χ1) is 9.10. The van der Waals surface area contributed by atoms with Crippen LogP contribution in [0.4, 0.5) is 0 Å². The van der Waals surface area contributed by atoms with Crippen LogP contribution in [0.3, 0.4) is 0 Å². The summed E-state index contributed by atoms with van der Waals surface area (Å²) in [5, 5.41) is 9.14. The van der Waals surface area contributed by atoms with Crippen LogP contribution >= 0.6 is 15.9 Å². The average molecular weight is 328 g/mol. The Morgan fingerprint density at radius 3 is 3.05 bits per heavy atom. The second-order valence-electron chi connectivity index (χ2n) is 4.85. The molecule has 0 spiro atoms. The van der Waals surface area contributed by atoms with Crippen molar-refractivity contribution in [2.75, 3.05) is 26.3 Å². The first kappa shape index (κ1) is 14.7. The van der Waals surface area contributed by atoms with Gasteiger partial charge in [0.15, 0.2) is 5.78 Å². The Morgan fingerprint density at radius 1 is 1.58 bits per heavy atom. The van der Waals surface area contributed by atoms with Crippen LogP contribution in [0.1, 0.15) is 17.3 Å². The van der Waals surface area contributed by atoms with Gasteiger partial charge >= 0.3 is 0 Å². The predicted octanol–water partition coefficient (Wildman–Crippen LogP) is 1.71. The van der Waals surface area contributed by atoms with Gasteiger partial charge in [-0.2, -0.15) is 0 Å². The fourth-order valence-corrected chi connectivity index (χ4v) is 2.54. The normalized spacial score (nSPS) is 24.4. The van der Waals surface area contributed by atoms with Crippen LogP contribution in [0.5, 0.6) is 0 Å². The number of Topliss-reactive ketones (excluding diaryl/α,β-unsaturated/α-hetero) is 1. The maximum absolute atomic E-state index is 12.2. The van der Waals surface area contributed by atoms with Crippen LogP contribution < -0.4 is 0 Å². The molecule has 0 bridgehead atoms. The molecule has 1 aliphatic rings. The van der Waals surface area contributed by atoms with Gasteiger partial charge in [0.2, 0.25) is 0 Å². The molecule has 1 aromatic carbocycles. The number of halogens is 1. The number of morpholine rings is 1. The molecule has 104 valence electrons. The maximum Gasteiger partial charge on any atom is 0.176 e. The van der Waals surface area contributed by atoms with Crippen molar-refractivity contribution in [1.82, 2.24) is 4.90 Å². The minimum atomic E-state index is -0.188. The molecule has 2 unspecified atom stereocenters. The van der Waals surface area contributed by atoms with E-state index in [0.29, 0.717) is 25.3 Å². The molecule has 0 saturated carbocycles. The summed E-state index contributed by atoms with van der Waals surface area (Å²) in [6, 6.07) is 7.60. The average Bonchev–Trinajstić information content (AvgIpc) is 2.41. The molecule has 5 heteroatoms. The molecule has 1 aromatic rings. The van der Waals surface area contributed by atoms with Crippen molar-refractivity contribution < 1.29 is 14.6 Å². The molecule has 0 aliphatic carbocycles. The summed E-state index contributed by atoms with van der Waals surface area (Å²) in [6.45, 7) is 3.53. The lowest BCUT2D eigenvalue weighted by atomic mass is 10.1. The highest BCUT2D eigenvalue weighted by molar-refractivity contribution is 9.10. The molecule has 1 aliphatic heterocycles. The van der Waals surface area contributed by atoms with Gasteiger partial charge in [0.25, 0.3) is 0 Å². The van der Waals surface area contributed by atoms with Gasteiger partial charge < -0.3 is 9.84 Å². The zero-order chi connectivity index (χ0) is 13.8. The lowest BCUT2D eigenvalue weighted by molar-refractivity contribution is -0.0747. The number of ketones is 1. The van der Waals surface area contributed by atoms with E-state index in [-0.39, 0.29) is 24.5 Å². The number of hydrogen-bond acceptors (Lipinski definition) is 4. The third kappa shape index (κ3) is 3.86. The summed E-state index contributed by atoms with van der Waals surface area (Å²) in [4.78, 5) is 14.3. The Kier molecular flexibility index (Phi) is 5.10. The zero-order valence-electron chi connectivity index (χ0n) is 10.9. The number of ether oxygens (including phenoxy) is 1. The molecule has 0 radical (unpaired) electrons. The largest absolute Gasteiger partial charge is 0.394 e. The molecule has 1 heterocycles. The molecular formula is C14H18BrNO3. The number of nitrogens with zero attached hydrogens (tertiary/aromatic N) is 1. The van der Waals surface area contributed by atoms with Crippen molar-refractivity contribution in [3.05, 3.63) is 34.3 Å². The van der Waals surface area contributed by atoms with E-state index in [1.807, 2.05) is 31.2 Å². The number of hydrogen-bond donors (Lipinski definition) is 1. The molecule has 1 fully saturated rings. The third-order valence-electron chi connectivity index (χ3n) is 3.33. The van der Waals surface area contributed by atoms with E-state index in [9.17, 15) is 4.79 Å². The fourth-order valence-electron chi connectivity index (χ4n) is 2.14. The summed E-state index contributed by atoms with van der Waals surface area (Å²) in [6.07, 6.45) is -0.188. The van der Waals surface area contributed by atoms with Gasteiger partial charge in [0, 0.05) is 22.6 Å². The zero-order valence-corrected chi connectivity index (χ0v) is 12.5. The number of aliphatic hydroxyl groups is 1. The standard InChI is InChI=1S/C14H18BrNO3/c1-10-9-19-13(8-17)6-16(10)7-14(18)11-3-2-4-12(15)5-11/h2-5,10,13,17H,6-9H2,1H3. The number of aliphatic hydroxyl groups excluding tert-OH is 1. The first-order valence-electron chi connectivity index (χ1n) is 6.35. The Bertz CT molecular complexity index is 452. The van der Waals surface area contributed by atoms with Gasteiger partial charge in [-0.05, 0) is 19.1 Å². The Hall–Kier alpha value is -0.750. The molecule has 0 aromatic heterocycles. The summed E-state index contributed by atoms with van der Waals surface area (Å²) >= 11 is 3.37. The minimum Gasteiger partial charge on any atom is -0.394 e. The highest BCUT2D eigenvalue weighted by Gasteiger charge is 2.27. The van der Waals surface area contributed by atoms with E-state index in [0.717, 1.165) is 4.47 Å². The van der Waals surface area contributed by atoms with E-state index >= 15 is 0 Å². The van der Waals surface area contributed by atoms with Crippen LogP contribution in [-0.4, -0.2) is 54.2 Å². The van der Waals surface area contributed by atoms with Gasteiger partial charge in [-0.25, -0.2) is 0 Å². The SMILES string of the molecule is CC1COC(CO)CN1CC(=O)c1cccc(Br)c1. The quantitative estimate of drug-likeness (QED) is 0.855. The molecule has 0 amide bonds. The number of rotatable bonds is 4. The topological polar surface area (TPSA) is 49.8 Å². The molecule has 2 rings (SSSR count). The van der Waals surface area contributed by atoms with E-state index in [2.05, 4.69) is 20.8 Å². The summed E-state index contributed by atoms with van der Waals surface area (Å²) in [7, 11) is 0. The second kappa shape index (κ2) is 6.61. The van der Waals surface area contributed by atoms with Crippen LogP contribution in [0.2, 0.25) is 0 Å². The van der Waals surface area contributed by atoms with Gasteiger partial charge in [0.05, 0.1) is 25.9 Å². The summed E-state index contributed by atoms with van der Waals surface area (Å²) in [5.41, 5.74) is 0.702. The Morgan fingerprint density at radius 2 is 2.37 bits per heavy atom. The van der Waals surface area contributed by atoms with E-state index < -0.39 is 0 Å². The van der Waals surface area contributed by atoms with Crippen molar-refractivity contribution in [2.45, 2.75) is 19.1 Å². The van der Waals surface area contributed by atoms with E-state index in [1.165, 1.54) is 0 Å². The molecule has 1 saturated heterocycles. The fraction of sp³-hybridized carbons (Fsp3) is 0.500. The van der Waals surface area contributed by atoms with E-state index in [4.69, 9.17) is 9.84 Å². The molecule has 4 nitrogen and oxygen atoms in total. The molecular weight excluding hydrogens is 310 g/mol. The smallest absolute Gasteiger partial charge is 0.176 e. The van der Waals surface area contributed by atoms with Gasteiger partial charge in [-0.15, -0.1) is 0 Å². The van der Waals surface area contributed by atoms with Gasteiger partial charge in [-0.3, -0.25) is 9.69 Å². The van der Waals surface area contributed by atoms with Gasteiger partial charge in [0.1, 0.15) is 0 Å². The number of carbonyl (C=O) groups is 1. The van der Waals surface area contributed by atoms with Crippen LogP contribution in [0.15, 0.2) is 28.7 Å². The highest BCUT2D eigenvalue weighted by atomic mass is 79.9.